The average Bonchev–Trinajstić information content (AvgIpc) is 2.06. The van der Waals surface area contributed by atoms with Gasteiger partial charge < -0.3 is 10.5 Å². The molecule has 13 heavy (non-hydrogen) atoms. The molecule has 0 aromatic carbocycles. The summed E-state index contributed by atoms with van der Waals surface area (Å²) in [4.78, 5) is 11.0. The van der Waals surface area contributed by atoms with E-state index in [1.807, 2.05) is 0 Å². The Morgan fingerprint density at radius 1 is 1.69 bits per heavy atom. The summed E-state index contributed by atoms with van der Waals surface area (Å²) >= 11 is 1.28. The molecule has 0 unspecified atom stereocenters. The molecule has 1 aliphatic heterocycles. The average molecular weight is 224 g/mol. The summed E-state index contributed by atoms with van der Waals surface area (Å²) in [5.41, 5.74) is 5.64. The molecule has 0 aromatic heterocycles. The summed E-state index contributed by atoms with van der Waals surface area (Å²) in [6.45, 7) is 2.09. The van der Waals surface area contributed by atoms with Crippen LogP contribution in [0.5, 0.6) is 0 Å². The first-order valence-corrected chi connectivity index (χ1v) is 4.42. The summed E-state index contributed by atoms with van der Waals surface area (Å²) in [7, 11) is 0. The van der Waals surface area contributed by atoms with Crippen molar-refractivity contribution in [2.45, 2.75) is 6.92 Å². The third-order valence-electron chi connectivity index (χ3n) is 1.14. The molecule has 1 heterocycles. The third kappa shape index (κ3) is 3.65. The zero-order chi connectivity index (χ0) is 8.97. The maximum Gasteiger partial charge on any atom is 0.355 e. The van der Waals surface area contributed by atoms with Crippen LogP contribution in [0.2, 0.25) is 0 Å². The lowest BCUT2D eigenvalue weighted by molar-refractivity contribution is -0.135. The predicted molar refractivity (Wildman–Crippen MR) is 55.4 cm³/mol. The Labute approximate surface area is 86.2 Å². The Bertz CT molecular complexity index is 254. The van der Waals surface area contributed by atoms with Crippen LogP contribution in [-0.4, -0.2) is 29.2 Å². The molecule has 0 atom stereocenters. The Balaban J connectivity index is 0.00000144. The van der Waals surface area contributed by atoms with Gasteiger partial charge in [0, 0.05) is 0 Å². The maximum atomic E-state index is 11.0. The van der Waals surface area contributed by atoms with E-state index in [0.29, 0.717) is 23.2 Å². The van der Waals surface area contributed by atoms with Crippen molar-refractivity contribution in [3.05, 3.63) is 0 Å². The van der Waals surface area contributed by atoms with E-state index in [9.17, 15) is 4.79 Å². The number of hydrogen-bond acceptors (Lipinski definition) is 6. The van der Waals surface area contributed by atoms with Crippen LogP contribution in [0.4, 0.5) is 0 Å². The number of thioether (sulfide) groups is 1. The quantitative estimate of drug-likeness (QED) is 0.687. The lowest BCUT2D eigenvalue weighted by atomic mass is 10.4. The van der Waals surface area contributed by atoms with Crippen LogP contribution < -0.4 is 5.73 Å². The van der Waals surface area contributed by atoms with Gasteiger partial charge in [0.05, 0.1) is 12.4 Å². The molecule has 0 aliphatic carbocycles. The number of carbonyl (C=O) groups is 1. The van der Waals surface area contributed by atoms with Gasteiger partial charge in [0.25, 0.3) is 0 Å². The fraction of sp³-hybridized carbons (Fsp3) is 0.500. The number of amidine groups is 1. The second kappa shape index (κ2) is 5.82. The fourth-order valence-corrected chi connectivity index (χ4v) is 1.18. The van der Waals surface area contributed by atoms with Gasteiger partial charge in [0.2, 0.25) is 0 Å². The van der Waals surface area contributed by atoms with Gasteiger partial charge in [-0.1, -0.05) is 11.8 Å². The van der Waals surface area contributed by atoms with Crippen LogP contribution in [0.3, 0.4) is 0 Å². The molecular weight excluding hydrogens is 214 g/mol. The number of ether oxygens (including phenoxy) is 1. The first-order chi connectivity index (χ1) is 5.74. The Morgan fingerprint density at radius 2 is 2.38 bits per heavy atom. The Morgan fingerprint density at radius 3 is 2.85 bits per heavy atom. The summed E-state index contributed by atoms with van der Waals surface area (Å²) in [5.74, 6) is 0.0231. The molecule has 1 rings (SSSR count). The molecule has 74 valence electrons. The number of nitrogens with two attached hydrogens (primary N) is 1. The van der Waals surface area contributed by atoms with Crippen molar-refractivity contribution in [2.75, 3.05) is 12.4 Å². The minimum atomic E-state index is -0.416. The smallest absolute Gasteiger partial charge is 0.355 e. The molecule has 2 N–H and O–H groups in total. The molecule has 0 aromatic rings. The summed E-state index contributed by atoms with van der Waals surface area (Å²) in [5, 5.41) is 7.55. The molecule has 0 bridgehead atoms. The molecule has 1 aliphatic rings. The number of esters is 1. The van der Waals surface area contributed by atoms with E-state index >= 15 is 0 Å². The molecule has 0 spiro atoms. The highest BCUT2D eigenvalue weighted by Crippen LogP contribution is 2.07. The molecule has 0 saturated carbocycles. The van der Waals surface area contributed by atoms with Gasteiger partial charge in [0.1, 0.15) is 0 Å². The lowest BCUT2D eigenvalue weighted by Gasteiger charge is -2.07. The van der Waals surface area contributed by atoms with Crippen molar-refractivity contribution >= 4 is 41.0 Å². The highest BCUT2D eigenvalue weighted by Gasteiger charge is 2.16. The molecular formula is C6H10ClN3O2S. The van der Waals surface area contributed by atoms with Gasteiger partial charge in [-0.25, -0.2) is 4.79 Å². The third-order valence-corrected chi connectivity index (χ3v) is 1.93. The van der Waals surface area contributed by atoms with Gasteiger partial charge in [-0.3, -0.25) is 0 Å². The van der Waals surface area contributed by atoms with E-state index in [1.165, 1.54) is 11.8 Å². The van der Waals surface area contributed by atoms with Crippen molar-refractivity contribution < 1.29 is 9.53 Å². The van der Waals surface area contributed by atoms with Crippen LogP contribution in [0.1, 0.15) is 6.92 Å². The summed E-state index contributed by atoms with van der Waals surface area (Å²) in [6, 6.07) is 0. The standard InChI is InChI=1S/C6H9N3O2S.ClH/c1-2-11-5(10)4-3-12-6(7)9-8-4;/h2-3H2,1H3,(H2,7,9);1H. The van der Waals surface area contributed by atoms with Crippen LogP contribution in [0.25, 0.3) is 0 Å². The maximum absolute atomic E-state index is 11.0. The first kappa shape index (κ1) is 12.2. The zero-order valence-corrected chi connectivity index (χ0v) is 8.65. The predicted octanol–water partition coefficient (Wildman–Crippen LogP) is 0.389. The first-order valence-electron chi connectivity index (χ1n) is 3.44. The van der Waals surface area contributed by atoms with Crippen LogP contribution >= 0.6 is 24.2 Å². The zero-order valence-electron chi connectivity index (χ0n) is 7.02. The monoisotopic (exact) mass is 223 g/mol. The molecule has 0 saturated heterocycles. The second-order valence-electron chi connectivity index (χ2n) is 1.99. The number of nitrogens with zero attached hydrogens (tertiary/aromatic N) is 2. The summed E-state index contributed by atoms with van der Waals surface area (Å²) in [6.07, 6.45) is 0. The fourth-order valence-electron chi connectivity index (χ4n) is 0.624. The minimum Gasteiger partial charge on any atom is -0.461 e. The lowest BCUT2D eigenvalue weighted by Crippen LogP contribution is -2.24. The molecule has 0 amide bonds. The number of rotatable bonds is 2. The van der Waals surface area contributed by atoms with Crippen molar-refractivity contribution in [1.29, 1.82) is 0 Å². The van der Waals surface area contributed by atoms with Gasteiger partial charge in [0.15, 0.2) is 10.9 Å². The van der Waals surface area contributed by atoms with Crippen molar-refractivity contribution in [1.82, 2.24) is 0 Å². The Hall–Kier alpha value is -0.750. The summed E-state index contributed by atoms with van der Waals surface area (Å²) < 4.78 is 4.72. The largest absolute Gasteiger partial charge is 0.461 e. The Kier molecular flexibility index (Phi) is 5.48. The highest BCUT2D eigenvalue weighted by molar-refractivity contribution is 8.14. The van der Waals surface area contributed by atoms with E-state index in [-0.39, 0.29) is 12.4 Å². The molecule has 0 fully saturated rings. The van der Waals surface area contributed by atoms with Gasteiger partial charge >= 0.3 is 5.97 Å². The topological polar surface area (TPSA) is 77.0 Å². The van der Waals surface area contributed by atoms with Gasteiger partial charge in [-0.15, -0.1) is 22.6 Å². The van der Waals surface area contributed by atoms with Crippen molar-refractivity contribution in [2.24, 2.45) is 15.9 Å². The molecule has 7 heteroatoms. The van der Waals surface area contributed by atoms with E-state index < -0.39 is 5.97 Å². The van der Waals surface area contributed by atoms with Crippen LogP contribution in [0, 0.1) is 0 Å². The van der Waals surface area contributed by atoms with E-state index in [2.05, 4.69) is 10.2 Å². The normalized spacial score (nSPS) is 15.2. The SMILES string of the molecule is CCOC(=O)C1=NN=C(N)SC1.Cl. The minimum absolute atomic E-state index is 0. The van der Waals surface area contributed by atoms with E-state index in [4.69, 9.17) is 10.5 Å². The molecule has 0 radical (unpaired) electrons. The van der Waals surface area contributed by atoms with E-state index in [0.717, 1.165) is 0 Å². The van der Waals surface area contributed by atoms with Gasteiger partial charge in [-0.2, -0.15) is 0 Å². The van der Waals surface area contributed by atoms with Crippen LogP contribution in [-0.2, 0) is 9.53 Å². The van der Waals surface area contributed by atoms with Crippen LogP contribution in [0.15, 0.2) is 10.2 Å². The van der Waals surface area contributed by atoms with Crippen molar-refractivity contribution in [3.8, 4) is 0 Å². The molecule has 5 nitrogen and oxygen atoms in total. The highest BCUT2D eigenvalue weighted by atomic mass is 35.5. The van der Waals surface area contributed by atoms with Crippen molar-refractivity contribution in [3.63, 3.8) is 0 Å². The number of carbonyl (C=O) groups excluding carboxylic acids is 1. The number of halogens is 1. The second-order valence-corrected chi connectivity index (χ2v) is 2.99. The number of hydrogen-bond donors (Lipinski definition) is 1. The van der Waals surface area contributed by atoms with Gasteiger partial charge in [-0.05, 0) is 6.92 Å². The van der Waals surface area contributed by atoms with E-state index in [1.54, 1.807) is 6.92 Å².